The van der Waals surface area contributed by atoms with E-state index in [9.17, 15) is 4.39 Å². The van der Waals surface area contributed by atoms with Gasteiger partial charge in [0, 0.05) is 13.2 Å². The Morgan fingerprint density at radius 3 is 2.95 bits per heavy atom. The van der Waals surface area contributed by atoms with Gasteiger partial charge in [0.25, 0.3) is 0 Å². The van der Waals surface area contributed by atoms with Gasteiger partial charge in [-0.15, -0.1) is 0 Å². The van der Waals surface area contributed by atoms with Crippen LogP contribution in [0.1, 0.15) is 11.3 Å². The van der Waals surface area contributed by atoms with Crippen molar-refractivity contribution in [2.45, 2.75) is 6.61 Å². The van der Waals surface area contributed by atoms with E-state index in [0.717, 1.165) is 5.69 Å². The maximum atomic E-state index is 13.2. The van der Waals surface area contributed by atoms with Gasteiger partial charge in [-0.1, -0.05) is 11.8 Å². The molecule has 0 amide bonds. The highest BCUT2D eigenvalue weighted by atomic mass is 19.1. The standard InChI is InChI=1S/C14H14FN3O/c1-18-8-6-13(17-18)10-19-14-5-4-12(15)9-11(14)3-2-7-16/h4-6,8-9H,7,10,16H2,1H3. The van der Waals surface area contributed by atoms with Crippen LogP contribution in [0.5, 0.6) is 5.75 Å². The molecule has 0 aliphatic heterocycles. The van der Waals surface area contributed by atoms with Crippen LogP contribution >= 0.6 is 0 Å². The molecular formula is C14H14FN3O. The van der Waals surface area contributed by atoms with Crippen LogP contribution in [0.3, 0.4) is 0 Å². The fraction of sp³-hybridized carbons (Fsp3) is 0.214. The number of hydrogen-bond donors (Lipinski definition) is 1. The average molecular weight is 259 g/mol. The molecule has 0 spiro atoms. The van der Waals surface area contributed by atoms with Gasteiger partial charge in [0.1, 0.15) is 18.2 Å². The quantitative estimate of drug-likeness (QED) is 0.849. The van der Waals surface area contributed by atoms with Crippen LogP contribution in [0.2, 0.25) is 0 Å². The molecule has 1 heterocycles. The van der Waals surface area contributed by atoms with Crippen molar-refractivity contribution in [2.24, 2.45) is 12.8 Å². The van der Waals surface area contributed by atoms with Crippen LogP contribution in [0.15, 0.2) is 30.5 Å². The summed E-state index contributed by atoms with van der Waals surface area (Å²) in [7, 11) is 1.83. The van der Waals surface area contributed by atoms with E-state index in [0.29, 0.717) is 17.9 Å². The van der Waals surface area contributed by atoms with Gasteiger partial charge in [-0.3, -0.25) is 4.68 Å². The molecule has 98 valence electrons. The second-order valence-corrected chi connectivity index (χ2v) is 3.92. The zero-order valence-corrected chi connectivity index (χ0v) is 10.6. The van der Waals surface area contributed by atoms with Crippen molar-refractivity contribution >= 4 is 0 Å². The van der Waals surface area contributed by atoms with Gasteiger partial charge in [-0.25, -0.2) is 4.39 Å². The number of aryl methyl sites for hydroxylation is 1. The summed E-state index contributed by atoms with van der Waals surface area (Å²) in [4.78, 5) is 0. The van der Waals surface area contributed by atoms with E-state index in [2.05, 4.69) is 16.9 Å². The zero-order chi connectivity index (χ0) is 13.7. The Morgan fingerprint density at radius 2 is 2.26 bits per heavy atom. The van der Waals surface area contributed by atoms with Gasteiger partial charge in [-0.2, -0.15) is 5.10 Å². The Bertz CT molecular complexity index is 625. The first kappa shape index (κ1) is 13.1. The third-order valence-electron chi connectivity index (χ3n) is 2.41. The second-order valence-electron chi connectivity index (χ2n) is 3.92. The maximum absolute atomic E-state index is 13.2. The Hall–Kier alpha value is -2.32. The number of nitrogens with two attached hydrogens (primary N) is 1. The van der Waals surface area contributed by atoms with Gasteiger partial charge >= 0.3 is 0 Å². The molecule has 0 saturated carbocycles. The van der Waals surface area contributed by atoms with E-state index in [1.54, 1.807) is 10.7 Å². The van der Waals surface area contributed by atoms with Gasteiger partial charge in [0.2, 0.25) is 0 Å². The average Bonchev–Trinajstić information content (AvgIpc) is 2.81. The number of rotatable bonds is 3. The summed E-state index contributed by atoms with van der Waals surface area (Å²) < 4.78 is 20.5. The maximum Gasteiger partial charge on any atom is 0.135 e. The lowest BCUT2D eigenvalue weighted by molar-refractivity contribution is 0.299. The molecule has 2 aromatic rings. The summed E-state index contributed by atoms with van der Waals surface area (Å²) in [5.74, 6) is 5.64. The normalized spacial score (nSPS) is 9.84. The number of aromatic nitrogens is 2. The fourth-order valence-corrected chi connectivity index (χ4v) is 1.56. The van der Waals surface area contributed by atoms with Crippen LogP contribution in [0, 0.1) is 17.7 Å². The first-order valence-corrected chi connectivity index (χ1v) is 5.79. The van der Waals surface area contributed by atoms with E-state index in [1.807, 2.05) is 19.3 Å². The molecule has 1 aromatic carbocycles. The Balaban J connectivity index is 2.15. The number of nitrogens with zero attached hydrogens (tertiary/aromatic N) is 2. The lowest BCUT2D eigenvalue weighted by Gasteiger charge is -2.06. The summed E-state index contributed by atoms with van der Waals surface area (Å²) in [5.41, 5.74) is 6.59. The molecule has 1 aromatic heterocycles. The molecule has 0 fully saturated rings. The molecule has 4 nitrogen and oxygen atoms in total. The second kappa shape index (κ2) is 6.03. The monoisotopic (exact) mass is 259 g/mol. The smallest absolute Gasteiger partial charge is 0.135 e. The third-order valence-corrected chi connectivity index (χ3v) is 2.41. The minimum Gasteiger partial charge on any atom is -0.486 e. The van der Waals surface area contributed by atoms with E-state index < -0.39 is 0 Å². The summed E-state index contributed by atoms with van der Waals surface area (Å²) in [6, 6.07) is 6.07. The van der Waals surface area contributed by atoms with Gasteiger partial charge in [0.15, 0.2) is 0 Å². The molecule has 2 N–H and O–H groups in total. The molecule has 0 unspecified atom stereocenters. The number of ether oxygens (including phenoxy) is 1. The third kappa shape index (κ3) is 3.57. The molecule has 0 aliphatic carbocycles. The van der Waals surface area contributed by atoms with E-state index in [4.69, 9.17) is 10.5 Å². The Morgan fingerprint density at radius 1 is 1.42 bits per heavy atom. The van der Waals surface area contributed by atoms with Crippen LogP contribution in [0.4, 0.5) is 4.39 Å². The molecule has 0 atom stereocenters. The van der Waals surface area contributed by atoms with Crippen LogP contribution in [-0.4, -0.2) is 16.3 Å². The summed E-state index contributed by atoms with van der Waals surface area (Å²) in [6.45, 7) is 0.528. The molecule has 0 saturated heterocycles. The number of halogens is 1. The van der Waals surface area contributed by atoms with Crippen LogP contribution in [-0.2, 0) is 13.7 Å². The van der Waals surface area contributed by atoms with Crippen molar-refractivity contribution in [2.75, 3.05) is 6.54 Å². The molecule has 0 bridgehead atoms. The van der Waals surface area contributed by atoms with Crippen molar-refractivity contribution in [3.05, 3.63) is 47.5 Å². The van der Waals surface area contributed by atoms with Crippen molar-refractivity contribution in [1.29, 1.82) is 0 Å². The zero-order valence-electron chi connectivity index (χ0n) is 10.6. The predicted octanol–water partition coefficient (Wildman–Crippen LogP) is 1.45. The SMILES string of the molecule is Cn1ccc(COc2ccc(F)cc2C#CCN)n1. The van der Waals surface area contributed by atoms with E-state index in [-0.39, 0.29) is 12.4 Å². The summed E-state index contributed by atoms with van der Waals surface area (Å²) in [6.07, 6.45) is 1.83. The molecule has 5 heteroatoms. The van der Waals surface area contributed by atoms with Gasteiger partial charge < -0.3 is 10.5 Å². The number of benzene rings is 1. The molecular weight excluding hydrogens is 245 g/mol. The Kier molecular flexibility index (Phi) is 4.16. The highest BCUT2D eigenvalue weighted by Crippen LogP contribution is 2.19. The molecule has 0 radical (unpaired) electrons. The van der Waals surface area contributed by atoms with Crippen molar-refractivity contribution < 1.29 is 9.13 Å². The predicted molar refractivity (Wildman–Crippen MR) is 69.9 cm³/mol. The van der Waals surface area contributed by atoms with Crippen molar-refractivity contribution in [1.82, 2.24) is 9.78 Å². The van der Waals surface area contributed by atoms with E-state index >= 15 is 0 Å². The highest BCUT2D eigenvalue weighted by Gasteiger charge is 2.05. The topological polar surface area (TPSA) is 53.1 Å². The first-order chi connectivity index (χ1) is 9.19. The van der Waals surface area contributed by atoms with Crippen molar-refractivity contribution in [3.63, 3.8) is 0 Å². The Labute approximate surface area is 111 Å². The summed E-state index contributed by atoms with van der Waals surface area (Å²) >= 11 is 0. The lowest BCUT2D eigenvalue weighted by atomic mass is 10.2. The molecule has 2 rings (SSSR count). The summed E-state index contributed by atoms with van der Waals surface area (Å²) in [5, 5.41) is 4.20. The van der Waals surface area contributed by atoms with Crippen molar-refractivity contribution in [3.8, 4) is 17.6 Å². The van der Waals surface area contributed by atoms with E-state index in [1.165, 1.54) is 12.1 Å². The van der Waals surface area contributed by atoms with Gasteiger partial charge in [-0.05, 0) is 24.3 Å². The molecule has 19 heavy (non-hydrogen) atoms. The fourth-order valence-electron chi connectivity index (χ4n) is 1.56. The van der Waals surface area contributed by atoms with Gasteiger partial charge in [0.05, 0.1) is 17.8 Å². The van der Waals surface area contributed by atoms with Crippen LogP contribution in [0.25, 0.3) is 0 Å². The number of hydrogen-bond acceptors (Lipinski definition) is 3. The minimum atomic E-state index is -0.355. The first-order valence-electron chi connectivity index (χ1n) is 5.79. The van der Waals surface area contributed by atoms with Crippen LogP contribution < -0.4 is 10.5 Å². The largest absolute Gasteiger partial charge is 0.486 e. The minimum absolute atomic E-state index is 0.218. The lowest BCUT2D eigenvalue weighted by Crippen LogP contribution is -2.00. The highest BCUT2D eigenvalue weighted by molar-refractivity contribution is 5.46. The molecule has 0 aliphatic rings.